The smallest absolute Gasteiger partial charge is 0.318 e. The number of thiophene rings is 1. The van der Waals surface area contributed by atoms with E-state index >= 15 is 0 Å². The summed E-state index contributed by atoms with van der Waals surface area (Å²) in [4.78, 5) is 34.0. The van der Waals surface area contributed by atoms with Crippen LogP contribution < -0.4 is 11.1 Å². The highest BCUT2D eigenvalue weighted by Crippen LogP contribution is 2.38. The summed E-state index contributed by atoms with van der Waals surface area (Å²) < 4.78 is 0. The van der Waals surface area contributed by atoms with Crippen LogP contribution in [-0.4, -0.2) is 27.2 Å². The Morgan fingerprint density at radius 1 is 1.19 bits per heavy atom. The SMILES string of the molecule is CC(C)[C@H](Sc1ncnc2sc(-c3ccccc3)cc12)C(=O)NC(N)=O. The zero-order valence-electron chi connectivity index (χ0n) is 14.3. The van der Waals surface area contributed by atoms with Gasteiger partial charge in [-0.25, -0.2) is 14.8 Å². The van der Waals surface area contributed by atoms with Crippen molar-refractivity contribution in [2.24, 2.45) is 11.7 Å². The van der Waals surface area contributed by atoms with Crippen LogP contribution in [0.4, 0.5) is 4.79 Å². The van der Waals surface area contributed by atoms with E-state index in [9.17, 15) is 9.59 Å². The number of urea groups is 1. The van der Waals surface area contributed by atoms with Gasteiger partial charge in [-0.3, -0.25) is 10.1 Å². The summed E-state index contributed by atoms with van der Waals surface area (Å²) in [5.41, 5.74) is 6.19. The van der Waals surface area contributed by atoms with Crippen LogP contribution in [0.5, 0.6) is 0 Å². The molecule has 0 aliphatic heterocycles. The first-order valence-electron chi connectivity index (χ1n) is 8.02. The molecule has 3 aromatic rings. The van der Waals surface area contributed by atoms with E-state index in [-0.39, 0.29) is 5.92 Å². The summed E-state index contributed by atoms with van der Waals surface area (Å²) in [6.45, 7) is 3.83. The fourth-order valence-corrected chi connectivity index (χ4v) is 4.62. The largest absolute Gasteiger partial charge is 0.351 e. The van der Waals surface area contributed by atoms with E-state index in [0.717, 1.165) is 20.7 Å². The first-order chi connectivity index (χ1) is 12.5. The molecule has 0 bridgehead atoms. The lowest BCUT2D eigenvalue weighted by Crippen LogP contribution is -2.42. The fourth-order valence-electron chi connectivity index (χ4n) is 2.48. The number of carbonyl (C=O) groups excluding carboxylic acids is 2. The van der Waals surface area contributed by atoms with Gasteiger partial charge in [0.1, 0.15) is 16.2 Å². The number of primary amides is 1. The highest BCUT2D eigenvalue weighted by atomic mass is 32.2. The highest BCUT2D eigenvalue weighted by molar-refractivity contribution is 8.00. The number of nitrogens with zero attached hydrogens (tertiary/aromatic N) is 2. The molecule has 2 heterocycles. The Morgan fingerprint density at radius 3 is 2.58 bits per heavy atom. The van der Waals surface area contributed by atoms with E-state index in [0.29, 0.717) is 5.03 Å². The molecule has 3 rings (SSSR count). The predicted molar refractivity (Wildman–Crippen MR) is 105 cm³/mol. The normalized spacial score (nSPS) is 12.3. The van der Waals surface area contributed by atoms with Crippen LogP contribution in [0.3, 0.4) is 0 Å². The third-order valence-corrected chi connectivity index (χ3v) is 6.35. The minimum atomic E-state index is -0.851. The van der Waals surface area contributed by atoms with E-state index in [1.54, 1.807) is 11.3 Å². The van der Waals surface area contributed by atoms with Crippen molar-refractivity contribution in [1.29, 1.82) is 0 Å². The van der Waals surface area contributed by atoms with Crippen LogP contribution in [0.2, 0.25) is 0 Å². The second-order valence-electron chi connectivity index (χ2n) is 6.01. The number of carbonyl (C=O) groups is 2. The number of rotatable bonds is 5. The van der Waals surface area contributed by atoms with Crippen LogP contribution in [0.15, 0.2) is 47.8 Å². The van der Waals surface area contributed by atoms with Gasteiger partial charge in [0.05, 0.1) is 5.25 Å². The third-order valence-electron chi connectivity index (χ3n) is 3.70. The van der Waals surface area contributed by atoms with Crippen LogP contribution in [0, 0.1) is 5.92 Å². The van der Waals surface area contributed by atoms with Gasteiger partial charge in [-0.05, 0) is 17.5 Å². The van der Waals surface area contributed by atoms with E-state index in [1.165, 1.54) is 18.1 Å². The summed E-state index contributed by atoms with van der Waals surface area (Å²) >= 11 is 2.90. The molecule has 0 radical (unpaired) electrons. The number of thioether (sulfide) groups is 1. The molecule has 1 atom stereocenters. The van der Waals surface area contributed by atoms with Crippen molar-refractivity contribution in [3.63, 3.8) is 0 Å². The number of hydrogen-bond donors (Lipinski definition) is 2. The summed E-state index contributed by atoms with van der Waals surface area (Å²) in [6.07, 6.45) is 1.50. The molecule has 0 unspecified atom stereocenters. The molecule has 0 aliphatic rings. The Kier molecular flexibility index (Phi) is 5.53. The second kappa shape index (κ2) is 7.84. The van der Waals surface area contributed by atoms with Gasteiger partial charge in [-0.1, -0.05) is 55.9 Å². The molecule has 1 aromatic carbocycles. The van der Waals surface area contributed by atoms with Gasteiger partial charge in [0.2, 0.25) is 5.91 Å². The molecule has 134 valence electrons. The first-order valence-corrected chi connectivity index (χ1v) is 9.72. The Bertz CT molecular complexity index is 941. The van der Waals surface area contributed by atoms with Crippen molar-refractivity contribution in [2.75, 3.05) is 0 Å². The van der Waals surface area contributed by atoms with Crippen LogP contribution >= 0.6 is 23.1 Å². The summed E-state index contributed by atoms with van der Waals surface area (Å²) in [5, 5.41) is 3.29. The topological polar surface area (TPSA) is 98.0 Å². The Balaban J connectivity index is 1.95. The summed E-state index contributed by atoms with van der Waals surface area (Å²) in [6, 6.07) is 11.2. The maximum atomic E-state index is 12.3. The van der Waals surface area contributed by atoms with Gasteiger partial charge >= 0.3 is 6.03 Å². The minimum Gasteiger partial charge on any atom is -0.351 e. The number of benzene rings is 1. The Hall–Kier alpha value is -2.45. The van der Waals surface area contributed by atoms with Crippen molar-refractivity contribution in [1.82, 2.24) is 15.3 Å². The summed E-state index contributed by atoms with van der Waals surface area (Å²) in [7, 11) is 0. The van der Waals surface area contributed by atoms with Crippen LogP contribution in [0.1, 0.15) is 13.8 Å². The average Bonchev–Trinajstić information content (AvgIpc) is 3.04. The predicted octanol–water partition coefficient (Wildman–Crippen LogP) is 3.67. The lowest BCUT2D eigenvalue weighted by Gasteiger charge is -2.18. The van der Waals surface area contributed by atoms with Crippen molar-refractivity contribution in [3.05, 3.63) is 42.7 Å². The molecule has 0 saturated heterocycles. The lowest BCUT2D eigenvalue weighted by molar-refractivity contribution is -0.120. The number of nitrogens with two attached hydrogens (primary N) is 1. The van der Waals surface area contributed by atoms with Crippen molar-refractivity contribution in [2.45, 2.75) is 24.1 Å². The summed E-state index contributed by atoms with van der Waals surface area (Å²) in [5.74, 6) is -0.417. The Morgan fingerprint density at radius 2 is 1.92 bits per heavy atom. The maximum absolute atomic E-state index is 12.3. The van der Waals surface area contributed by atoms with Crippen LogP contribution in [-0.2, 0) is 4.79 Å². The van der Waals surface area contributed by atoms with Gasteiger partial charge < -0.3 is 5.73 Å². The van der Waals surface area contributed by atoms with Gasteiger partial charge in [0.15, 0.2) is 0 Å². The molecule has 0 fully saturated rings. The monoisotopic (exact) mass is 386 g/mol. The molecule has 3 N–H and O–H groups in total. The minimum absolute atomic E-state index is 0.00315. The number of fused-ring (bicyclic) bond motifs is 1. The first kappa shape index (κ1) is 18.3. The maximum Gasteiger partial charge on any atom is 0.318 e. The van der Waals surface area contributed by atoms with E-state index in [2.05, 4.69) is 15.3 Å². The number of nitrogens with one attached hydrogen (secondary N) is 1. The van der Waals surface area contributed by atoms with E-state index in [4.69, 9.17) is 5.73 Å². The molecule has 0 saturated carbocycles. The molecule has 0 spiro atoms. The van der Waals surface area contributed by atoms with Gasteiger partial charge in [0, 0.05) is 10.3 Å². The molecule has 6 nitrogen and oxygen atoms in total. The number of aromatic nitrogens is 2. The number of amides is 3. The van der Waals surface area contributed by atoms with Crippen molar-refractivity contribution >= 4 is 45.3 Å². The van der Waals surface area contributed by atoms with Gasteiger partial charge in [0.25, 0.3) is 0 Å². The van der Waals surface area contributed by atoms with E-state index in [1.807, 2.05) is 50.2 Å². The molecule has 26 heavy (non-hydrogen) atoms. The fraction of sp³-hybridized carbons (Fsp3) is 0.222. The van der Waals surface area contributed by atoms with E-state index < -0.39 is 17.2 Å². The zero-order valence-corrected chi connectivity index (χ0v) is 15.9. The van der Waals surface area contributed by atoms with Crippen molar-refractivity contribution < 1.29 is 9.59 Å². The lowest BCUT2D eigenvalue weighted by atomic mass is 10.1. The molecule has 3 amide bonds. The molecule has 0 aliphatic carbocycles. The van der Waals surface area contributed by atoms with Gasteiger partial charge in [-0.2, -0.15) is 0 Å². The Labute approximate surface area is 159 Å². The zero-order chi connectivity index (χ0) is 18.7. The number of imide groups is 1. The molecule has 8 heteroatoms. The molecular formula is C18H18N4O2S2. The van der Waals surface area contributed by atoms with Gasteiger partial charge in [-0.15, -0.1) is 11.3 Å². The number of hydrogen-bond acceptors (Lipinski definition) is 6. The third kappa shape index (κ3) is 4.03. The molecule has 2 aromatic heterocycles. The van der Waals surface area contributed by atoms with Crippen molar-refractivity contribution in [3.8, 4) is 10.4 Å². The highest BCUT2D eigenvalue weighted by Gasteiger charge is 2.26. The average molecular weight is 387 g/mol. The van der Waals surface area contributed by atoms with Crippen LogP contribution in [0.25, 0.3) is 20.7 Å². The standard InChI is InChI=1S/C18H18N4O2S2/c1-10(2)14(15(23)22-18(19)24)26-17-12-8-13(11-6-4-3-5-7-11)25-16(12)20-9-21-17/h3-10,14H,1-2H3,(H3,19,22,23,24)/t14-/m0/s1. The molecular weight excluding hydrogens is 368 g/mol. The second-order valence-corrected chi connectivity index (χ2v) is 8.17. The quantitative estimate of drug-likeness (QED) is 0.515.